The molecule has 3 nitrogen and oxygen atoms in total. The van der Waals surface area contributed by atoms with Gasteiger partial charge in [0.05, 0.1) is 0 Å². The minimum absolute atomic E-state index is 0.237. The second kappa shape index (κ2) is 4.81. The molecule has 0 aromatic carbocycles. The van der Waals surface area contributed by atoms with Crippen LogP contribution in [0.3, 0.4) is 0 Å². The Bertz CT molecular complexity index is 394. The van der Waals surface area contributed by atoms with Crippen LogP contribution in [0.15, 0.2) is 6.33 Å². The van der Waals surface area contributed by atoms with E-state index in [1.807, 2.05) is 0 Å². The number of nitrogens with one attached hydrogen (secondary N) is 1. The highest BCUT2D eigenvalue weighted by Gasteiger charge is 2.36. The van der Waals surface area contributed by atoms with Gasteiger partial charge in [-0.1, -0.05) is 32.4 Å². The van der Waals surface area contributed by atoms with Crippen molar-refractivity contribution in [2.75, 3.05) is 5.32 Å². The number of hydrogen-bond acceptors (Lipinski definition) is 3. The SMILES string of the molecule is CCC1(Nc2ncnc(Cl)c2C(C)C)CCC1. The summed E-state index contributed by atoms with van der Waals surface area (Å²) in [7, 11) is 0. The summed E-state index contributed by atoms with van der Waals surface area (Å²) in [6.07, 6.45) is 6.42. The van der Waals surface area contributed by atoms with Gasteiger partial charge in [-0.3, -0.25) is 0 Å². The van der Waals surface area contributed by atoms with E-state index in [-0.39, 0.29) is 5.54 Å². The molecule has 94 valence electrons. The Morgan fingerprint density at radius 1 is 1.41 bits per heavy atom. The minimum Gasteiger partial charge on any atom is -0.364 e. The van der Waals surface area contributed by atoms with Crippen molar-refractivity contribution < 1.29 is 0 Å². The van der Waals surface area contributed by atoms with E-state index in [4.69, 9.17) is 11.6 Å². The zero-order chi connectivity index (χ0) is 12.5. The quantitative estimate of drug-likeness (QED) is 0.825. The standard InChI is InChI=1S/C13H20ClN3/c1-4-13(6-5-7-13)17-12-10(9(2)3)11(14)15-8-16-12/h8-9H,4-7H2,1-3H3,(H,15,16,17). The molecular formula is C13H20ClN3. The zero-order valence-electron chi connectivity index (χ0n) is 10.8. The first-order valence-corrected chi connectivity index (χ1v) is 6.74. The van der Waals surface area contributed by atoms with Crippen LogP contribution >= 0.6 is 11.6 Å². The van der Waals surface area contributed by atoms with Crippen molar-refractivity contribution in [3.63, 3.8) is 0 Å². The van der Waals surface area contributed by atoms with Gasteiger partial charge >= 0.3 is 0 Å². The van der Waals surface area contributed by atoms with Crippen LogP contribution in [0.25, 0.3) is 0 Å². The predicted octanol–water partition coefficient (Wildman–Crippen LogP) is 4.00. The fraction of sp³-hybridized carbons (Fsp3) is 0.692. The highest BCUT2D eigenvalue weighted by atomic mass is 35.5. The lowest BCUT2D eigenvalue weighted by atomic mass is 9.74. The van der Waals surface area contributed by atoms with Gasteiger partial charge in [0.15, 0.2) is 0 Å². The summed E-state index contributed by atoms with van der Waals surface area (Å²) < 4.78 is 0. The third-order valence-corrected chi connectivity index (χ3v) is 4.08. The maximum Gasteiger partial charge on any atom is 0.138 e. The van der Waals surface area contributed by atoms with Crippen LogP contribution in [0.5, 0.6) is 0 Å². The van der Waals surface area contributed by atoms with Crippen molar-refractivity contribution in [1.82, 2.24) is 9.97 Å². The summed E-state index contributed by atoms with van der Waals surface area (Å²) in [5.74, 6) is 1.25. The van der Waals surface area contributed by atoms with Crippen LogP contribution in [0.2, 0.25) is 5.15 Å². The van der Waals surface area contributed by atoms with Gasteiger partial charge in [0.1, 0.15) is 17.3 Å². The molecule has 0 unspecified atom stereocenters. The highest BCUT2D eigenvalue weighted by Crippen LogP contribution is 2.39. The summed E-state index contributed by atoms with van der Waals surface area (Å²) in [5.41, 5.74) is 1.27. The van der Waals surface area contributed by atoms with E-state index in [1.165, 1.54) is 19.3 Å². The molecule has 4 heteroatoms. The van der Waals surface area contributed by atoms with Crippen molar-refractivity contribution >= 4 is 17.4 Å². The Balaban J connectivity index is 2.29. The van der Waals surface area contributed by atoms with Crippen LogP contribution in [0.4, 0.5) is 5.82 Å². The Kier molecular flexibility index (Phi) is 3.57. The highest BCUT2D eigenvalue weighted by molar-refractivity contribution is 6.30. The Labute approximate surface area is 108 Å². The molecule has 1 aliphatic carbocycles. The number of halogens is 1. The second-order valence-electron chi connectivity index (χ2n) is 5.19. The largest absolute Gasteiger partial charge is 0.364 e. The van der Waals surface area contributed by atoms with Gasteiger partial charge < -0.3 is 5.32 Å². The van der Waals surface area contributed by atoms with E-state index in [1.54, 1.807) is 6.33 Å². The van der Waals surface area contributed by atoms with Crippen molar-refractivity contribution in [3.8, 4) is 0 Å². The summed E-state index contributed by atoms with van der Waals surface area (Å²) >= 11 is 6.17. The van der Waals surface area contributed by atoms with E-state index in [2.05, 4.69) is 36.1 Å². The number of rotatable bonds is 4. The van der Waals surface area contributed by atoms with Gasteiger partial charge in [-0.25, -0.2) is 9.97 Å². The van der Waals surface area contributed by atoms with Crippen LogP contribution in [-0.4, -0.2) is 15.5 Å². The molecule has 1 aromatic rings. The maximum atomic E-state index is 6.17. The first kappa shape index (κ1) is 12.6. The lowest BCUT2D eigenvalue weighted by Gasteiger charge is -2.43. The third-order valence-electron chi connectivity index (χ3n) is 3.78. The molecule has 0 amide bonds. The molecule has 17 heavy (non-hydrogen) atoms. The van der Waals surface area contributed by atoms with Crippen LogP contribution in [-0.2, 0) is 0 Å². The molecule has 0 radical (unpaired) electrons. The monoisotopic (exact) mass is 253 g/mol. The Morgan fingerprint density at radius 2 is 2.12 bits per heavy atom. The van der Waals surface area contributed by atoms with E-state index >= 15 is 0 Å². The molecule has 0 aliphatic heterocycles. The number of nitrogens with zero attached hydrogens (tertiary/aromatic N) is 2. The summed E-state index contributed by atoms with van der Waals surface area (Å²) in [5, 5.41) is 4.17. The average molecular weight is 254 g/mol. The van der Waals surface area contributed by atoms with Crippen molar-refractivity contribution in [3.05, 3.63) is 17.0 Å². The van der Waals surface area contributed by atoms with Crippen molar-refractivity contribution in [2.45, 2.75) is 57.9 Å². The average Bonchev–Trinajstić information content (AvgIpc) is 2.23. The van der Waals surface area contributed by atoms with Gasteiger partial charge in [-0.15, -0.1) is 0 Å². The van der Waals surface area contributed by atoms with Gasteiger partial charge in [0.25, 0.3) is 0 Å². The third kappa shape index (κ3) is 2.39. The van der Waals surface area contributed by atoms with Crippen LogP contribution < -0.4 is 5.32 Å². The molecule has 1 aromatic heterocycles. The van der Waals surface area contributed by atoms with Gasteiger partial charge in [-0.05, 0) is 31.6 Å². The van der Waals surface area contributed by atoms with E-state index < -0.39 is 0 Å². The molecule has 1 heterocycles. The first-order valence-electron chi connectivity index (χ1n) is 6.36. The molecule has 1 saturated carbocycles. The van der Waals surface area contributed by atoms with Crippen LogP contribution in [0.1, 0.15) is 57.9 Å². The molecule has 0 spiro atoms. The van der Waals surface area contributed by atoms with Gasteiger partial charge in [0.2, 0.25) is 0 Å². The molecule has 1 fully saturated rings. The number of aromatic nitrogens is 2. The number of hydrogen-bond donors (Lipinski definition) is 1. The number of anilines is 1. The van der Waals surface area contributed by atoms with Crippen LogP contribution in [0, 0.1) is 0 Å². The normalized spacial score (nSPS) is 17.9. The molecular weight excluding hydrogens is 234 g/mol. The molecule has 1 aliphatic rings. The first-order chi connectivity index (χ1) is 8.08. The van der Waals surface area contributed by atoms with Crippen molar-refractivity contribution in [2.24, 2.45) is 0 Å². The van der Waals surface area contributed by atoms with E-state index in [0.717, 1.165) is 17.8 Å². The fourth-order valence-corrected chi connectivity index (χ4v) is 2.76. The predicted molar refractivity (Wildman–Crippen MR) is 71.6 cm³/mol. The summed E-state index contributed by atoms with van der Waals surface area (Å²) in [6, 6.07) is 0. The van der Waals surface area contributed by atoms with Gasteiger partial charge in [-0.2, -0.15) is 0 Å². The Hall–Kier alpha value is -0.830. The second-order valence-corrected chi connectivity index (χ2v) is 5.55. The van der Waals surface area contributed by atoms with E-state index in [0.29, 0.717) is 11.1 Å². The lowest BCUT2D eigenvalue weighted by molar-refractivity contribution is 0.268. The Morgan fingerprint density at radius 3 is 2.59 bits per heavy atom. The molecule has 2 rings (SSSR count). The van der Waals surface area contributed by atoms with Crippen molar-refractivity contribution in [1.29, 1.82) is 0 Å². The minimum atomic E-state index is 0.237. The molecule has 0 atom stereocenters. The fourth-order valence-electron chi connectivity index (χ4n) is 2.41. The smallest absolute Gasteiger partial charge is 0.138 e. The maximum absolute atomic E-state index is 6.17. The summed E-state index contributed by atoms with van der Waals surface area (Å²) in [4.78, 5) is 8.44. The molecule has 1 N–H and O–H groups in total. The van der Waals surface area contributed by atoms with E-state index in [9.17, 15) is 0 Å². The topological polar surface area (TPSA) is 37.8 Å². The summed E-state index contributed by atoms with van der Waals surface area (Å²) in [6.45, 7) is 6.47. The van der Waals surface area contributed by atoms with Gasteiger partial charge in [0, 0.05) is 11.1 Å². The molecule has 0 saturated heterocycles. The molecule has 0 bridgehead atoms. The zero-order valence-corrected chi connectivity index (χ0v) is 11.5. The lowest BCUT2D eigenvalue weighted by Crippen LogP contribution is -2.44.